The average Bonchev–Trinajstić information content (AvgIpc) is 3.23. The first-order valence-electron chi connectivity index (χ1n) is 9.67. The number of likely N-dealkylation sites (tertiary alicyclic amines) is 1. The Balaban J connectivity index is 1.43. The maximum absolute atomic E-state index is 13.2. The molecule has 144 valence electrons. The van der Waals surface area contributed by atoms with Crippen LogP contribution in [0.1, 0.15) is 36.6 Å². The van der Waals surface area contributed by atoms with Crippen LogP contribution in [0.3, 0.4) is 0 Å². The van der Waals surface area contributed by atoms with Crippen LogP contribution in [0.25, 0.3) is 11.1 Å². The SMILES string of the molecule is O=C(CCc1ccccn1)N1CCCC(c2[nH]ncc2-c2ccc(F)cc2)C1. The Morgan fingerprint density at radius 1 is 1.21 bits per heavy atom. The molecule has 3 heterocycles. The third kappa shape index (κ3) is 4.11. The molecule has 0 bridgehead atoms. The summed E-state index contributed by atoms with van der Waals surface area (Å²) in [5.41, 5.74) is 3.88. The van der Waals surface area contributed by atoms with Crippen LogP contribution in [0.5, 0.6) is 0 Å². The van der Waals surface area contributed by atoms with Crippen LogP contribution in [0.4, 0.5) is 4.39 Å². The second-order valence-electron chi connectivity index (χ2n) is 7.20. The van der Waals surface area contributed by atoms with Crippen molar-refractivity contribution in [2.45, 2.75) is 31.6 Å². The van der Waals surface area contributed by atoms with Gasteiger partial charge in [0, 0.05) is 48.6 Å². The predicted octanol–water partition coefficient (Wildman–Crippen LogP) is 3.95. The summed E-state index contributed by atoms with van der Waals surface area (Å²) in [4.78, 5) is 19.0. The molecule has 1 atom stereocenters. The minimum absolute atomic E-state index is 0.165. The highest BCUT2D eigenvalue weighted by Gasteiger charge is 2.27. The number of halogens is 1. The molecule has 2 aromatic heterocycles. The number of carbonyl (C=O) groups is 1. The van der Waals surface area contributed by atoms with Gasteiger partial charge in [0.25, 0.3) is 0 Å². The lowest BCUT2D eigenvalue weighted by Crippen LogP contribution is -2.39. The zero-order chi connectivity index (χ0) is 19.3. The first-order chi connectivity index (χ1) is 13.7. The number of amides is 1. The van der Waals surface area contributed by atoms with Crippen LogP contribution in [-0.2, 0) is 11.2 Å². The summed E-state index contributed by atoms with van der Waals surface area (Å²) in [5, 5.41) is 7.33. The maximum atomic E-state index is 13.2. The van der Waals surface area contributed by atoms with Gasteiger partial charge in [-0.15, -0.1) is 0 Å². The van der Waals surface area contributed by atoms with Crippen molar-refractivity contribution in [3.8, 4) is 11.1 Å². The summed E-state index contributed by atoms with van der Waals surface area (Å²) in [5.74, 6) is 0.115. The fraction of sp³-hybridized carbons (Fsp3) is 0.318. The van der Waals surface area contributed by atoms with Gasteiger partial charge < -0.3 is 4.90 Å². The van der Waals surface area contributed by atoms with Crippen molar-refractivity contribution in [2.75, 3.05) is 13.1 Å². The van der Waals surface area contributed by atoms with E-state index in [9.17, 15) is 9.18 Å². The molecule has 1 aliphatic rings. The maximum Gasteiger partial charge on any atom is 0.222 e. The summed E-state index contributed by atoms with van der Waals surface area (Å²) >= 11 is 0. The minimum atomic E-state index is -0.254. The summed E-state index contributed by atoms with van der Waals surface area (Å²) in [7, 11) is 0. The molecule has 1 N–H and O–H groups in total. The third-order valence-corrected chi connectivity index (χ3v) is 5.33. The fourth-order valence-electron chi connectivity index (χ4n) is 3.85. The van der Waals surface area contributed by atoms with Crippen LogP contribution in [0.15, 0.2) is 54.9 Å². The van der Waals surface area contributed by atoms with Crippen molar-refractivity contribution in [3.05, 3.63) is 72.1 Å². The van der Waals surface area contributed by atoms with E-state index in [1.165, 1.54) is 12.1 Å². The summed E-state index contributed by atoms with van der Waals surface area (Å²) in [6.07, 6.45) is 6.63. The first-order valence-corrected chi connectivity index (χ1v) is 9.67. The molecule has 5 nitrogen and oxygen atoms in total. The van der Waals surface area contributed by atoms with E-state index in [0.717, 1.165) is 41.9 Å². The van der Waals surface area contributed by atoms with Crippen molar-refractivity contribution in [3.63, 3.8) is 0 Å². The van der Waals surface area contributed by atoms with E-state index < -0.39 is 0 Å². The molecular formula is C22H23FN4O. The van der Waals surface area contributed by atoms with Gasteiger partial charge in [-0.1, -0.05) is 18.2 Å². The van der Waals surface area contributed by atoms with Crippen LogP contribution < -0.4 is 0 Å². The molecule has 3 aromatic rings. The molecule has 0 spiro atoms. The highest BCUT2D eigenvalue weighted by Crippen LogP contribution is 2.33. The van der Waals surface area contributed by atoms with E-state index in [-0.39, 0.29) is 17.6 Å². The Bertz CT molecular complexity index is 923. The molecule has 1 aliphatic heterocycles. The Kier molecular flexibility index (Phi) is 5.46. The zero-order valence-corrected chi connectivity index (χ0v) is 15.6. The molecule has 6 heteroatoms. The van der Waals surface area contributed by atoms with Gasteiger partial charge in [-0.3, -0.25) is 14.9 Å². The zero-order valence-electron chi connectivity index (χ0n) is 15.6. The van der Waals surface area contributed by atoms with Crippen molar-refractivity contribution in [1.82, 2.24) is 20.1 Å². The van der Waals surface area contributed by atoms with Gasteiger partial charge in [0.15, 0.2) is 0 Å². The number of pyridine rings is 1. The number of benzene rings is 1. The lowest BCUT2D eigenvalue weighted by atomic mass is 9.90. The molecule has 0 radical (unpaired) electrons. The van der Waals surface area contributed by atoms with Crippen molar-refractivity contribution < 1.29 is 9.18 Å². The van der Waals surface area contributed by atoms with Gasteiger partial charge in [0.05, 0.1) is 6.20 Å². The molecule has 0 aliphatic carbocycles. The monoisotopic (exact) mass is 378 g/mol. The molecule has 1 fully saturated rings. The minimum Gasteiger partial charge on any atom is -0.342 e. The van der Waals surface area contributed by atoms with Crippen molar-refractivity contribution in [1.29, 1.82) is 0 Å². The standard InChI is InChI=1S/C22H23FN4O/c23-18-8-6-16(7-9-18)20-14-25-26-22(20)17-4-3-13-27(15-17)21(28)11-10-19-5-1-2-12-24-19/h1-2,5-9,12,14,17H,3-4,10-11,13,15H2,(H,25,26). The number of carbonyl (C=O) groups excluding carboxylic acids is 1. The summed E-state index contributed by atoms with van der Waals surface area (Å²) in [6.45, 7) is 1.47. The van der Waals surface area contributed by atoms with Crippen LogP contribution in [0.2, 0.25) is 0 Å². The number of aromatic amines is 1. The lowest BCUT2D eigenvalue weighted by molar-refractivity contribution is -0.132. The third-order valence-electron chi connectivity index (χ3n) is 5.33. The smallest absolute Gasteiger partial charge is 0.222 e. The van der Waals surface area contributed by atoms with E-state index in [1.807, 2.05) is 23.1 Å². The molecule has 1 saturated heterocycles. The van der Waals surface area contributed by atoms with E-state index in [4.69, 9.17) is 0 Å². The molecule has 4 rings (SSSR count). The Morgan fingerprint density at radius 3 is 2.86 bits per heavy atom. The van der Waals surface area contributed by atoms with Gasteiger partial charge in [-0.2, -0.15) is 5.10 Å². The molecule has 28 heavy (non-hydrogen) atoms. The topological polar surface area (TPSA) is 61.9 Å². The second-order valence-corrected chi connectivity index (χ2v) is 7.20. The number of piperidine rings is 1. The normalized spacial score (nSPS) is 16.9. The first kappa shape index (κ1) is 18.3. The quantitative estimate of drug-likeness (QED) is 0.731. The van der Waals surface area contributed by atoms with Crippen LogP contribution >= 0.6 is 0 Å². The number of rotatable bonds is 5. The molecule has 1 unspecified atom stereocenters. The molecule has 0 saturated carbocycles. The number of nitrogens with zero attached hydrogens (tertiary/aromatic N) is 3. The summed E-state index contributed by atoms with van der Waals surface area (Å²) < 4.78 is 13.2. The number of hydrogen-bond acceptors (Lipinski definition) is 3. The number of hydrogen-bond donors (Lipinski definition) is 1. The molecular weight excluding hydrogens is 355 g/mol. The largest absolute Gasteiger partial charge is 0.342 e. The van der Waals surface area contributed by atoms with E-state index in [0.29, 0.717) is 19.4 Å². The van der Waals surface area contributed by atoms with Gasteiger partial charge in [0.1, 0.15) is 5.82 Å². The van der Waals surface area contributed by atoms with Gasteiger partial charge in [-0.05, 0) is 49.1 Å². The lowest BCUT2D eigenvalue weighted by Gasteiger charge is -2.33. The van der Waals surface area contributed by atoms with Crippen LogP contribution in [0, 0.1) is 5.82 Å². The Morgan fingerprint density at radius 2 is 2.07 bits per heavy atom. The van der Waals surface area contributed by atoms with Crippen LogP contribution in [-0.4, -0.2) is 39.1 Å². The Labute approximate surface area is 163 Å². The average molecular weight is 378 g/mol. The van der Waals surface area contributed by atoms with Crippen molar-refractivity contribution in [2.24, 2.45) is 0 Å². The number of aromatic nitrogens is 3. The Hall–Kier alpha value is -3.02. The highest BCUT2D eigenvalue weighted by atomic mass is 19.1. The number of aryl methyl sites for hydroxylation is 1. The fourth-order valence-corrected chi connectivity index (χ4v) is 3.85. The van der Waals surface area contributed by atoms with Gasteiger partial charge >= 0.3 is 0 Å². The van der Waals surface area contributed by atoms with Gasteiger partial charge in [-0.25, -0.2) is 4.39 Å². The molecule has 1 aromatic carbocycles. The second kappa shape index (κ2) is 8.33. The highest BCUT2D eigenvalue weighted by molar-refractivity contribution is 5.76. The number of nitrogens with one attached hydrogen (secondary N) is 1. The van der Waals surface area contributed by atoms with Gasteiger partial charge in [0.2, 0.25) is 5.91 Å². The summed E-state index contributed by atoms with van der Waals surface area (Å²) in [6, 6.07) is 12.2. The van der Waals surface area contributed by atoms with E-state index in [1.54, 1.807) is 24.5 Å². The number of H-pyrrole nitrogens is 1. The van der Waals surface area contributed by atoms with Crippen molar-refractivity contribution >= 4 is 5.91 Å². The van der Waals surface area contributed by atoms with E-state index >= 15 is 0 Å². The molecule has 1 amide bonds. The predicted molar refractivity (Wildman–Crippen MR) is 105 cm³/mol. The van der Waals surface area contributed by atoms with E-state index in [2.05, 4.69) is 15.2 Å².